The topological polar surface area (TPSA) is 61.2 Å². The third-order valence-corrected chi connectivity index (χ3v) is 0.758. The van der Waals surface area contributed by atoms with Gasteiger partial charge < -0.3 is 5.11 Å². The summed E-state index contributed by atoms with van der Waals surface area (Å²) in [7, 11) is 0. The number of hydrogen-bond donors (Lipinski definition) is 2. The molecule has 0 aliphatic rings. The van der Waals surface area contributed by atoms with Gasteiger partial charge in [0.2, 0.25) is 0 Å². The molecule has 4 heteroatoms. The van der Waals surface area contributed by atoms with Gasteiger partial charge in [0.1, 0.15) is 5.71 Å². The van der Waals surface area contributed by atoms with Crippen molar-refractivity contribution in [2.24, 2.45) is 0 Å². The van der Waals surface area contributed by atoms with Crippen LogP contribution in [-0.2, 0) is 4.79 Å². The van der Waals surface area contributed by atoms with E-state index in [1.807, 2.05) is 6.92 Å². The quantitative estimate of drug-likeness (QED) is 0.434. The van der Waals surface area contributed by atoms with Crippen molar-refractivity contribution in [3.63, 3.8) is 0 Å². The van der Waals surface area contributed by atoms with Crippen LogP contribution in [0.5, 0.6) is 0 Å². The molecule has 0 fully saturated rings. The average Bonchev–Trinajstić information content (AvgIpc) is 1.67. The van der Waals surface area contributed by atoms with Gasteiger partial charge in [-0.3, -0.25) is 5.41 Å². The molecule has 3 nitrogen and oxygen atoms in total. The zero-order chi connectivity index (χ0) is 6.57. The van der Waals surface area contributed by atoms with Crippen LogP contribution in [0.3, 0.4) is 0 Å². The molecule has 2 N–H and O–H groups in total. The van der Waals surface area contributed by atoms with E-state index in [4.69, 9.17) is 10.5 Å². The molecule has 0 aliphatic carbocycles. The molecule has 0 saturated heterocycles. The van der Waals surface area contributed by atoms with Gasteiger partial charge in [-0.1, -0.05) is 13.3 Å². The molecule has 0 bridgehead atoms. The summed E-state index contributed by atoms with van der Waals surface area (Å²) in [5, 5.41) is 14.8. The molecule has 0 radical (unpaired) electrons. The number of hydrogen-bond acceptors (Lipinski definition) is 2. The number of aliphatic carboxylic acids is 1. The second-order valence-corrected chi connectivity index (χ2v) is 1.53. The fraction of sp³-hybridized carbons (Fsp3) is 0.600. The van der Waals surface area contributed by atoms with Crippen molar-refractivity contribution in [2.45, 2.75) is 19.8 Å². The van der Waals surface area contributed by atoms with Gasteiger partial charge in [-0.25, -0.2) is 4.79 Å². The van der Waals surface area contributed by atoms with Gasteiger partial charge in [0.25, 0.3) is 0 Å². The average molecular weight is 139 g/mol. The first-order chi connectivity index (χ1) is 3.68. The summed E-state index contributed by atoms with van der Waals surface area (Å²) in [6.45, 7) is 1.84. The van der Waals surface area contributed by atoms with Gasteiger partial charge in [0, 0.05) is 0 Å². The van der Waals surface area contributed by atoms with E-state index >= 15 is 0 Å². The SMILES string of the molecule is CCCC(=N)C(=O)O.[NaH]. The van der Waals surface area contributed by atoms with E-state index in [1.165, 1.54) is 0 Å². The maximum absolute atomic E-state index is 9.86. The van der Waals surface area contributed by atoms with Crippen molar-refractivity contribution in [2.75, 3.05) is 0 Å². The predicted octanol–water partition coefficient (Wildman–Crippen LogP) is 0.242. The van der Waals surface area contributed by atoms with Crippen molar-refractivity contribution >= 4 is 41.2 Å². The summed E-state index contributed by atoms with van der Waals surface area (Å²) in [4.78, 5) is 9.86. The number of nitrogens with one attached hydrogen (secondary N) is 1. The van der Waals surface area contributed by atoms with Gasteiger partial charge in [-0.2, -0.15) is 0 Å². The van der Waals surface area contributed by atoms with E-state index in [-0.39, 0.29) is 35.3 Å². The van der Waals surface area contributed by atoms with Crippen LogP contribution in [0.25, 0.3) is 0 Å². The second kappa shape index (κ2) is 6.26. The number of carboxylic acids is 1. The van der Waals surface area contributed by atoms with Crippen molar-refractivity contribution in [3.8, 4) is 0 Å². The van der Waals surface area contributed by atoms with Crippen LogP contribution in [-0.4, -0.2) is 46.3 Å². The summed E-state index contributed by atoms with van der Waals surface area (Å²) in [6, 6.07) is 0. The molecule has 0 unspecified atom stereocenters. The molecule has 0 amide bonds. The second-order valence-electron chi connectivity index (χ2n) is 1.53. The van der Waals surface area contributed by atoms with Crippen LogP contribution in [0.4, 0.5) is 0 Å². The Morgan fingerprint density at radius 1 is 1.67 bits per heavy atom. The molecule has 0 aromatic carbocycles. The van der Waals surface area contributed by atoms with Gasteiger partial charge in [-0.15, -0.1) is 0 Å². The molecule has 0 heterocycles. The molecule has 0 aliphatic heterocycles. The number of rotatable bonds is 3. The Bertz CT molecular complexity index is 114. The Hall–Kier alpha value is 0.140. The number of carboxylic acid groups (broad SMARTS) is 1. The third kappa shape index (κ3) is 6.02. The van der Waals surface area contributed by atoms with E-state index in [1.54, 1.807) is 0 Å². The molecule has 0 aromatic heterocycles. The standard InChI is InChI=1S/C5H9NO2.Na.H/c1-2-3-4(6)5(7)8;;/h6H,2-3H2,1H3,(H,7,8);;. The molecule has 0 aromatic rings. The molecular formula is C5H10NNaO2. The van der Waals surface area contributed by atoms with Crippen LogP contribution in [0.15, 0.2) is 0 Å². The fourth-order valence-corrected chi connectivity index (χ4v) is 0.357. The van der Waals surface area contributed by atoms with E-state index in [0.717, 1.165) is 6.42 Å². The van der Waals surface area contributed by atoms with E-state index in [2.05, 4.69) is 0 Å². The minimum absolute atomic E-state index is 0. The minimum atomic E-state index is -1.10. The molecular weight excluding hydrogens is 129 g/mol. The van der Waals surface area contributed by atoms with Crippen molar-refractivity contribution in [3.05, 3.63) is 0 Å². The number of carbonyl (C=O) groups is 1. The van der Waals surface area contributed by atoms with Gasteiger partial charge >= 0.3 is 35.5 Å². The Morgan fingerprint density at radius 2 is 2.11 bits per heavy atom. The zero-order valence-electron chi connectivity index (χ0n) is 4.77. The Balaban J connectivity index is 0. The first-order valence-electron chi connectivity index (χ1n) is 2.49. The molecule has 0 atom stereocenters. The van der Waals surface area contributed by atoms with Crippen molar-refractivity contribution in [1.29, 1.82) is 5.41 Å². The van der Waals surface area contributed by atoms with E-state index in [9.17, 15) is 4.79 Å². The first-order valence-corrected chi connectivity index (χ1v) is 2.49. The Labute approximate surface area is 76.3 Å². The summed E-state index contributed by atoms with van der Waals surface area (Å²) in [6.07, 6.45) is 1.10. The van der Waals surface area contributed by atoms with E-state index < -0.39 is 5.97 Å². The van der Waals surface area contributed by atoms with Crippen LogP contribution >= 0.6 is 0 Å². The molecule has 0 spiro atoms. The molecule has 0 rings (SSSR count). The van der Waals surface area contributed by atoms with Crippen LogP contribution in [0.2, 0.25) is 0 Å². The van der Waals surface area contributed by atoms with Crippen molar-refractivity contribution < 1.29 is 9.90 Å². The third-order valence-electron chi connectivity index (χ3n) is 0.758. The summed E-state index contributed by atoms with van der Waals surface area (Å²) in [5.41, 5.74) is -0.201. The summed E-state index contributed by atoms with van der Waals surface area (Å²) >= 11 is 0. The van der Waals surface area contributed by atoms with Crippen LogP contribution in [0, 0.1) is 5.41 Å². The summed E-state index contributed by atoms with van der Waals surface area (Å²) in [5.74, 6) is -1.10. The Kier molecular flexibility index (Phi) is 8.27. The fourth-order valence-electron chi connectivity index (χ4n) is 0.357. The van der Waals surface area contributed by atoms with Crippen LogP contribution in [0.1, 0.15) is 19.8 Å². The molecule has 9 heavy (non-hydrogen) atoms. The predicted molar refractivity (Wildman–Crippen MR) is 37.4 cm³/mol. The van der Waals surface area contributed by atoms with E-state index in [0.29, 0.717) is 6.42 Å². The maximum atomic E-state index is 9.86. The van der Waals surface area contributed by atoms with Crippen LogP contribution < -0.4 is 0 Å². The van der Waals surface area contributed by atoms with Gasteiger partial charge in [0.15, 0.2) is 0 Å². The van der Waals surface area contributed by atoms with Gasteiger partial charge in [-0.05, 0) is 6.42 Å². The Morgan fingerprint density at radius 3 is 2.22 bits per heavy atom. The molecule has 0 saturated carbocycles. The van der Waals surface area contributed by atoms with Gasteiger partial charge in [0.05, 0.1) is 0 Å². The normalized spacial score (nSPS) is 7.67. The monoisotopic (exact) mass is 139 g/mol. The first kappa shape index (κ1) is 11.9. The molecule has 48 valence electrons. The zero-order valence-corrected chi connectivity index (χ0v) is 4.77. The van der Waals surface area contributed by atoms with Crippen molar-refractivity contribution in [1.82, 2.24) is 0 Å². The summed E-state index contributed by atoms with van der Waals surface area (Å²) < 4.78 is 0.